The average Bonchev–Trinajstić information content (AvgIpc) is 3.12. The van der Waals surface area contributed by atoms with Crippen LogP contribution < -0.4 is 5.73 Å². The van der Waals surface area contributed by atoms with Crippen molar-refractivity contribution in [3.05, 3.63) is 47.6 Å². The van der Waals surface area contributed by atoms with E-state index in [1.54, 1.807) is 0 Å². The van der Waals surface area contributed by atoms with Crippen molar-refractivity contribution in [1.82, 2.24) is 19.9 Å². The normalized spacial score (nSPS) is 18.8. The molecule has 2 heterocycles. The van der Waals surface area contributed by atoms with Crippen molar-refractivity contribution in [3.63, 3.8) is 0 Å². The Kier molecular flexibility index (Phi) is 5.45. The van der Waals surface area contributed by atoms with Crippen molar-refractivity contribution in [2.45, 2.75) is 32.4 Å². The van der Waals surface area contributed by atoms with Gasteiger partial charge in [0.05, 0.1) is 6.04 Å². The average molecular weight is 343 g/mol. The van der Waals surface area contributed by atoms with Crippen molar-refractivity contribution in [2.24, 2.45) is 5.73 Å². The van der Waals surface area contributed by atoms with Gasteiger partial charge in [-0.3, -0.25) is 14.6 Å². The predicted octanol–water partition coefficient (Wildman–Crippen LogP) is 1.54. The molecule has 1 fully saturated rings. The molecule has 0 saturated carbocycles. The van der Waals surface area contributed by atoms with E-state index in [-0.39, 0.29) is 18.0 Å². The molecule has 0 unspecified atom stereocenters. The Labute approximate surface area is 147 Å². The number of benzene rings is 1. The summed E-state index contributed by atoms with van der Waals surface area (Å²) < 4.78 is 5.36. The molecular formula is C18H25N5O2. The third kappa shape index (κ3) is 3.88. The first-order chi connectivity index (χ1) is 12.1. The number of carbonyl (C=O) groups is 1. The number of hydrogen-bond acceptors (Lipinski definition) is 6. The van der Waals surface area contributed by atoms with E-state index in [0.29, 0.717) is 5.89 Å². The molecule has 1 aliphatic rings. The van der Waals surface area contributed by atoms with Crippen LogP contribution in [0.15, 0.2) is 34.9 Å². The lowest BCUT2D eigenvalue weighted by atomic mass is 10.0. The van der Waals surface area contributed by atoms with Gasteiger partial charge in [-0.25, -0.2) is 0 Å². The van der Waals surface area contributed by atoms with Gasteiger partial charge in [0.25, 0.3) is 0 Å². The number of aryl methyl sites for hydroxylation is 1. The van der Waals surface area contributed by atoms with Crippen LogP contribution in [0.5, 0.6) is 0 Å². The number of piperazine rings is 1. The lowest BCUT2D eigenvalue weighted by Gasteiger charge is -2.39. The summed E-state index contributed by atoms with van der Waals surface area (Å²) in [7, 11) is 0. The van der Waals surface area contributed by atoms with E-state index in [9.17, 15) is 4.79 Å². The number of nitrogens with two attached hydrogens (primary N) is 1. The summed E-state index contributed by atoms with van der Waals surface area (Å²) in [5.41, 5.74) is 6.62. The maximum Gasteiger partial charge on any atom is 0.243 e. The number of hydrogen-bond donors (Lipinski definition) is 1. The Morgan fingerprint density at radius 2 is 1.84 bits per heavy atom. The third-order valence-corrected chi connectivity index (χ3v) is 4.80. The first-order valence-electron chi connectivity index (χ1n) is 8.75. The molecule has 1 aliphatic heterocycles. The highest BCUT2D eigenvalue weighted by Crippen LogP contribution is 2.25. The van der Waals surface area contributed by atoms with Gasteiger partial charge >= 0.3 is 0 Å². The van der Waals surface area contributed by atoms with Crippen LogP contribution in [0.4, 0.5) is 0 Å². The topological polar surface area (TPSA) is 88.5 Å². The van der Waals surface area contributed by atoms with E-state index in [2.05, 4.69) is 26.9 Å². The van der Waals surface area contributed by atoms with E-state index < -0.39 is 0 Å². The molecular weight excluding hydrogens is 318 g/mol. The molecule has 2 aromatic rings. The lowest BCUT2D eigenvalue weighted by molar-refractivity contribution is -0.124. The molecule has 2 N–H and O–H groups in total. The quantitative estimate of drug-likeness (QED) is 0.856. The summed E-state index contributed by atoms with van der Waals surface area (Å²) in [5.74, 6) is 1.08. The monoisotopic (exact) mass is 343 g/mol. The number of primary amides is 1. The first-order valence-corrected chi connectivity index (χ1v) is 8.75. The van der Waals surface area contributed by atoms with Gasteiger partial charge in [-0.15, -0.1) is 0 Å². The van der Waals surface area contributed by atoms with Gasteiger partial charge in [-0.05, 0) is 12.5 Å². The largest absolute Gasteiger partial charge is 0.368 e. The Morgan fingerprint density at radius 1 is 1.20 bits per heavy atom. The SMILES string of the molecule is CCc1noc([C@@H](C)N2CCN([C@H](C(N)=O)c3ccccc3)CC2)n1. The van der Waals surface area contributed by atoms with Crippen molar-refractivity contribution in [2.75, 3.05) is 26.2 Å². The zero-order valence-electron chi connectivity index (χ0n) is 14.8. The van der Waals surface area contributed by atoms with Crippen molar-refractivity contribution < 1.29 is 9.32 Å². The molecule has 0 radical (unpaired) electrons. The maximum atomic E-state index is 12.0. The summed E-state index contributed by atoms with van der Waals surface area (Å²) in [6.45, 7) is 7.25. The minimum Gasteiger partial charge on any atom is -0.368 e. The highest BCUT2D eigenvalue weighted by molar-refractivity contribution is 5.81. The van der Waals surface area contributed by atoms with E-state index in [0.717, 1.165) is 44.0 Å². The second-order valence-electron chi connectivity index (χ2n) is 6.37. The molecule has 3 rings (SSSR count). The van der Waals surface area contributed by atoms with E-state index >= 15 is 0 Å². The van der Waals surface area contributed by atoms with Crippen molar-refractivity contribution >= 4 is 5.91 Å². The second-order valence-corrected chi connectivity index (χ2v) is 6.37. The fourth-order valence-corrected chi connectivity index (χ4v) is 3.31. The van der Waals surface area contributed by atoms with Gasteiger partial charge in [0, 0.05) is 32.6 Å². The molecule has 1 aromatic carbocycles. The molecule has 7 heteroatoms. The predicted molar refractivity (Wildman–Crippen MR) is 93.6 cm³/mol. The Hall–Kier alpha value is -2.25. The van der Waals surface area contributed by atoms with Crippen LogP contribution >= 0.6 is 0 Å². The van der Waals surface area contributed by atoms with Gasteiger partial charge in [0.2, 0.25) is 11.8 Å². The summed E-state index contributed by atoms with van der Waals surface area (Å²) in [4.78, 5) is 20.9. The van der Waals surface area contributed by atoms with Crippen LogP contribution in [0.25, 0.3) is 0 Å². The van der Waals surface area contributed by atoms with Gasteiger partial charge in [0.1, 0.15) is 6.04 Å². The first kappa shape index (κ1) is 17.6. The standard InChI is InChI=1S/C18H25N5O2/c1-3-15-20-18(25-21-15)13(2)22-9-11-23(12-10-22)16(17(19)24)14-7-5-4-6-8-14/h4-8,13,16H,3,9-12H2,1-2H3,(H2,19,24)/t13-,16+/m1/s1. The fraction of sp³-hybridized carbons (Fsp3) is 0.500. The molecule has 0 aliphatic carbocycles. The van der Waals surface area contributed by atoms with Crippen molar-refractivity contribution in [3.8, 4) is 0 Å². The van der Waals surface area contributed by atoms with Crippen LogP contribution in [0.2, 0.25) is 0 Å². The molecule has 25 heavy (non-hydrogen) atoms. The third-order valence-electron chi connectivity index (χ3n) is 4.80. The molecule has 0 bridgehead atoms. The number of carbonyl (C=O) groups excluding carboxylic acids is 1. The second kappa shape index (κ2) is 7.76. The van der Waals surface area contributed by atoms with Crippen LogP contribution in [0.1, 0.15) is 43.2 Å². The summed E-state index contributed by atoms with van der Waals surface area (Å²) in [6, 6.07) is 9.41. The van der Waals surface area contributed by atoms with Gasteiger partial charge < -0.3 is 10.3 Å². The summed E-state index contributed by atoms with van der Waals surface area (Å²) >= 11 is 0. The Morgan fingerprint density at radius 3 is 2.40 bits per heavy atom. The zero-order chi connectivity index (χ0) is 17.8. The number of aromatic nitrogens is 2. The lowest BCUT2D eigenvalue weighted by Crippen LogP contribution is -2.50. The van der Waals surface area contributed by atoms with E-state index in [1.165, 1.54) is 0 Å². The van der Waals surface area contributed by atoms with Crippen molar-refractivity contribution in [1.29, 1.82) is 0 Å². The molecule has 1 saturated heterocycles. The highest BCUT2D eigenvalue weighted by Gasteiger charge is 2.31. The zero-order valence-corrected chi connectivity index (χ0v) is 14.8. The van der Waals surface area contributed by atoms with Crippen LogP contribution in [-0.4, -0.2) is 52.0 Å². The smallest absolute Gasteiger partial charge is 0.243 e. The molecule has 7 nitrogen and oxygen atoms in total. The van der Waals surface area contributed by atoms with E-state index in [1.807, 2.05) is 37.3 Å². The highest BCUT2D eigenvalue weighted by atomic mass is 16.5. The molecule has 134 valence electrons. The van der Waals surface area contributed by atoms with Crippen LogP contribution in [0, 0.1) is 0 Å². The van der Waals surface area contributed by atoms with Crippen LogP contribution in [0.3, 0.4) is 0 Å². The van der Waals surface area contributed by atoms with Gasteiger partial charge in [-0.2, -0.15) is 4.98 Å². The molecule has 0 spiro atoms. The minimum absolute atomic E-state index is 0.0682. The number of nitrogens with zero attached hydrogens (tertiary/aromatic N) is 4. The fourth-order valence-electron chi connectivity index (χ4n) is 3.31. The van der Waals surface area contributed by atoms with Gasteiger partial charge in [-0.1, -0.05) is 42.4 Å². The maximum absolute atomic E-state index is 12.0. The Balaban J connectivity index is 1.65. The number of rotatable bonds is 6. The minimum atomic E-state index is -0.381. The van der Waals surface area contributed by atoms with E-state index in [4.69, 9.17) is 10.3 Å². The molecule has 2 atom stereocenters. The Bertz CT molecular complexity index is 695. The summed E-state index contributed by atoms with van der Waals surface area (Å²) in [6.07, 6.45) is 0.765. The molecule has 1 amide bonds. The summed E-state index contributed by atoms with van der Waals surface area (Å²) in [5, 5.41) is 3.97. The van der Waals surface area contributed by atoms with Gasteiger partial charge in [0.15, 0.2) is 5.82 Å². The number of amides is 1. The van der Waals surface area contributed by atoms with Crippen LogP contribution in [-0.2, 0) is 11.2 Å². The molecule has 1 aromatic heterocycles.